The Labute approximate surface area is 128 Å². The predicted octanol–water partition coefficient (Wildman–Crippen LogP) is 1.46. The fourth-order valence-electron chi connectivity index (χ4n) is 1.02. The molecule has 0 aliphatic carbocycles. The molecule has 0 aliphatic heterocycles. The van der Waals surface area contributed by atoms with Gasteiger partial charge in [-0.15, -0.1) is 0 Å². The van der Waals surface area contributed by atoms with Crippen molar-refractivity contribution in [1.82, 2.24) is 0 Å². The largest absolute Gasteiger partial charge is 0.631 e. The molecule has 0 heterocycles. The highest BCUT2D eigenvalue weighted by Crippen LogP contribution is 2.26. The van der Waals surface area contributed by atoms with Crippen molar-refractivity contribution in [3.05, 3.63) is 34.3 Å². The molecule has 0 radical (unpaired) electrons. The first-order chi connectivity index (χ1) is 8.95. The summed E-state index contributed by atoms with van der Waals surface area (Å²) in [7, 11) is -2.17. The fourth-order valence-corrected chi connectivity index (χ4v) is 1.29. The summed E-state index contributed by atoms with van der Waals surface area (Å²) in [5.74, 6) is 0. The molecule has 0 spiro atoms. The second kappa shape index (κ2) is 8.12. The molecule has 0 aromatic heterocycles. The molecule has 0 unspecified atom stereocenters. The van der Waals surface area contributed by atoms with Crippen molar-refractivity contribution < 1.29 is 24.9 Å². The van der Waals surface area contributed by atoms with Crippen molar-refractivity contribution >= 4 is 23.3 Å². The molecule has 0 aliphatic rings. The van der Waals surface area contributed by atoms with E-state index >= 15 is 0 Å². The zero-order valence-electron chi connectivity index (χ0n) is 12.2. The Kier molecular flexibility index (Phi) is 7.94. The molecule has 5 nitrogen and oxygen atoms in total. The summed E-state index contributed by atoms with van der Waals surface area (Å²) in [6.45, 7) is 7.81. The Hall–Kier alpha value is -0.435. The normalized spacial score (nSPS) is 11.7. The van der Waals surface area contributed by atoms with Gasteiger partial charge in [-0.05, 0) is 45.4 Å². The van der Waals surface area contributed by atoms with Crippen molar-refractivity contribution in [2.24, 2.45) is 0 Å². The van der Waals surface area contributed by atoms with E-state index < -0.39 is 18.5 Å². The Balaban J connectivity index is 0.000000796. The standard InChI is InChI=1S/C13H19BrO2.BH3O3/c1-12(2,15)13(3,4)16-9-10-5-7-11(14)8-6-10;2-1(3)4/h5-8,15H,9H2,1-4H3;2-4H. The van der Waals surface area contributed by atoms with Crippen LogP contribution in [0.1, 0.15) is 33.3 Å². The molecule has 7 heteroatoms. The second-order valence-corrected chi connectivity index (χ2v) is 6.25. The van der Waals surface area contributed by atoms with E-state index in [0.717, 1.165) is 10.0 Å². The van der Waals surface area contributed by atoms with Gasteiger partial charge in [-0.25, -0.2) is 0 Å². The van der Waals surface area contributed by atoms with Gasteiger partial charge in [0.15, 0.2) is 0 Å². The van der Waals surface area contributed by atoms with Crippen LogP contribution in [-0.2, 0) is 11.3 Å². The summed E-state index contributed by atoms with van der Waals surface area (Å²) in [6.07, 6.45) is 0. The quantitative estimate of drug-likeness (QED) is 0.618. The Morgan fingerprint density at radius 3 is 1.80 bits per heavy atom. The van der Waals surface area contributed by atoms with Gasteiger partial charge < -0.3 is 24.9 Å². The molecule has 0 bridgehead atoms. The topological polar surface area (TPSA) is 90.2 Å². The number of ether oxygens (including phenoxy) is 1. The summed E-state index contributed by atoms with van der Waals surface area (Å²) in [5, 5.41) is 31.4. The average molecular weight is 349 g/mol. The van der Waals surface area contributed by atoms with Gasteiger partial charge in [0.2, 0.25) is 0 Å². The van der Waals surface area contributed by atoms with E-state index in [2.05, 4.69) is 15.9 Å². The van der Waals surface area contributed by atoms with Crippen molar-refractivity contribution in [3.8, 4) is 0 Å². The molecule has 0 saturated carbocycles. The third-order valence-electron chi connectivity index (χ3n) is 2.99. The van der Waals surface area contributed by atoms with Gasteiger partial charge in [0.05, 0.1) is 17.8 Å². The highest BCUT2D eigenvalue weighted by molar-refractivity contribution is 9.10. The molecule has 114 valence electrons. The zero-order chi connectivity index (χ0) is 16.0. The van der Waals surface area contributed by atoms with Crippen LogP contribution in [0, 0.1) is 0 Å². The lowest BCUT2D eigenvalue weighted by molar-refractivity contribution is -0.153. The van der Waals surface area contributed by atoms with Crippen LogP contribution in [0.15, 0.2) is 28.7 Å². The van der Waals surface area contributed by atoms with Crippen molar-refractivity contribution in [2.75, 3.05) is 0 Å². The van der Waals surface area contributed by atoms with Gasteiger partial charge in [-0.1, -0.05) is 28.1 Å². The van der Waals surface area contributed by atoms with Crippen LogP contribution in [0.2, 0.25) is 0 Å². The van der Waals surface area contributed by atoms with E-state index in [4.69, 9.17) is 19.8 Å². The lowest BCUT2D eigenvalue weighted by Gasteiger charge is -2.37. The number of aliphatic hydroxyl groups is 1. The minimum Gasteiger partial charge on any atom is -0.402 e. The highest BCUT2D eigenvalue weighted by Gasteiger charge is 2.35. The molecular formula is C13H22BBrO5. The SMILES string of the molecule is CC(C)(O)C(C)(C)OCc1ccc(Br)cc1.OB(O)O. The molecule has 1 aromatic carbocycles. The summed E-state index contributed by atoms with van der Waals surface area (Å²) < 4.78 is 6.81. The fraction of sp³-hybridized carbons (Fsp3) is 0.538. The first-order valence-corrected chi connectivity index (χ1v) is 6.90. The van der Waals surface area contributed by atoms with E-state index in [9.17, 15) is 5.11 Å². The monoisotopic (exact) mass is 348 g/mol. The van der Waals surface area contributed by atoms with E-state index in [-0.39, 0.29) is 0 Å². The third-order valence-corrected chi connectivity index (χ3v) is 3.51. The van der Waals surface area contributed by atoms with E-state index in [1.807, 2.05) is 38.1 Å². The van der Waals surface area contributed by atoms with Crippen LogP contribution in [-0.4, -0.2) is 38.7 Å². The zero-order valence-corrected chi connectivity index (χ0v) is 13.8. The molecule has 0 fully saturated rings. The highest BCUT2D eigenvalue weighted by atomic mass is 79.9. The van der Waals surface area contributed by atoms with Gasteiger partial charge in [0.25, 0.3) is 0 Å². The molecular weight excluding hydrogens is 327 g/mol. The third kappa shape index (κ3) is 7.99. The number of halogens is 1. The maximum Gasteiger partial charge on any atom is 0.631 e. The molecule has 4 N–H and O–H groups in total. The van der Waals surface area contributed by atoms with Crippen molar-refractivity contribution in [3.63, 3.8) is 0 Å². The summed E-state index contributed by atoms with van der Waals surface area (Å²) >= 11 is 3.39. The van der Waals surface area contributed by atoms with Crippen LogP contribution in [0.5, 0.6) is 0 Å². The Bertz CT molecular complexity index is 384. The smallest absolute Gasteiger partial charge is 0.402 e. The maximum atomic E-state index is 9.94. The van der Waals surface area contributed by atoms with Crippen molar-refractivity contribution in [2.45, 2.75) is 45.5 Å². The van der Waals surface area contributed by atoms with Crippen LogP contribution in [0.25, 0.3) is 0 Å². The molecule has 1 aromatic rings. The Morgan fingerprint density at radius 1 is 1.05 bits per heavy atom. The molecule has 0 saturated heterocycles. The number of benzene rings is 1. The maximum absolute atomic E-state index is 9.94. The molecule has 0 atom stereocenters. The van der Waals surface area contributed by atoms with Gasteiger partial charge in [-0.3, -0.25) is 0 Å². The van der Waals surface area contributed by atoms with Crippen LogP contribution < -0.4 is 0 Å². The van der Waals surface area contributed by atoms with E-state index in [1.54, 1.807) is 13.8 Å². The second-order valence-electron chi connectivity index (χ2n) is 5.33. The Morgan fingerprint density at radius 2 is 1.45 bits per heavy atom. The van der Waals surface area contributed by atoms with Gasteiger partial charge >= 0.3 is 7.32 Å². The van der Waals surface area contributed by atoms with Gasteiger partial charge in [-0.2, -0.15) is 0 Å². The summed E-state index contributed by atoms with van der Waals surface area (Å²) in [4.78, 5) is 0. The minimum atomic E-state index is -2.17. The van der Waals surface area contributed by atoms with Crippen LogP contribution in [0.3, 0.4) is 0 Å². The average Bonchev–Trinajstić information content (AvgIpc) is 2.26. The minimum absolute atomic E-state index is 0.504. The first kappa shape index (κ1) is 19.6. The molecule has 0 amide bonds. The predicted molar refractivity (Wildman–Crippen MR) is 81.7 cm³/mol. The van der Waals surface area contributed by atoms with Gasteiger partial charge in [0, 0.05) is 4.47 Å². The van der Waals surface area contributed by atoms with Crippen LogP contribution in [0.4, 0.5) is 0 Å². The first-order valence-electron chi connectivity index (χ1n) is 6.10. The molecule has 1 rings (SSSR count). The number of hydrogen-bond acceptors (Lipinski definition) is 5. The van der Waals surface area contributed by atoms with Crippen LogP contribution >= 0.6 is 15.9 Å². The van der Waals surface area contributed by atoms with E-state index in [1.165, 1.54) is 0 Å². The van der Waals surface area contributed by atoms with Crippen molar-refractivity contribution in [1.29, 1.82) is 0 Å². The summed E-state index contributed by atoms with van der Waals surface area (Å²) in [6, 6.07) is 7.97. The molecule has 20 heavy (non-hydrogen) atoms. The summed E-state index contributed by atoms with van der Waals surface area (Å²) in [5.41, 5.74) is -0.330. The lowest BCUT2D eigenvalue weighted by Crippen LogP contribution is -2.47. The number of rotatable bonds is 4. The van der Waals surface area contributed by atoms with E-state index in [0.29, 0.717) is 6.61 Å². The lowest BCUT2D eigenvalue weighted by atomic mass is 9.89. The van der Waals surface area contributed by atoms with Gasteiger partial charge in [0.1, 0.15) is 0 Å². The number of hydrogen-bond donors (Lipinski definition) is 4.